The first kappa shape index (κ1) is 17.3. The van der Waals surface area contributed by atoms with Gasteiger partial charge in [0.05, 0.1) is 24.1 Å². The number of hydrogen-bond acceptors (Lipinski definition) is 4. The molecule has 1 aromatic carbocycles. The molecule has 0 saturated carbocycles. The summed E-state index contributed by atoms with van der Waals surface area (Å²) in [4.78, 5) is 28.1. The summed E-state index contributed by atoms with van der Waals surface area (Å²) in [6.45, 7) is 2.69. The van der Waals surface area contributed by atoms with Crippen LogP contribution in [0.1, 0.15) is 47.7 Å². The molecule has 6 nitrogen and oxygen atoms in total. The zero-order valence-corrected chi connectivity index (χ0v) is 15.0. The molecule has 0 unspecified atom stereocenters. The van der Waals surface area contributed by atoms with Gasteiger partial charge in [-0.1, -0.05) is 6.92 Å². The van der Waals surface area contributed by atoms with Gasteiger partial charge in [-0.25, -0.2) is 14.4 Å². The second-order valence-corrected chi connectivity index (χ2v) is 6.53. The number of likely N-dealkylation sites (tertiary alicyclic amines) is 1. The lowest BCUT2D eigenvalue weighted by Gasteiger charge is -2.24. The number of imidazole rings is 1. The van der Waals surface area contributed by atoms with Gasteiger partial charge < -0.3 is 4.90 Å². The third kappa shape index (κ3) is 3.32. The van der Waals surface area contributed by atoms with E-state index in [1.54, 1.807) is 23.5 Å². The minimum Gasteiger partial charge on any atom is -0.330 e. The molecule has 0 spiro atoms. The molecule has 4 rings (SSSR count). The fourth-order valence-electron chi connectivity index (χ4n) is 3.53. The summed E-state index contributed by atoms with van der Waals surface area (Å²) in [6.07, 6.45) is 9.54. The Bertz CT molecular complexity index is 953. The smallest absolute Gasteiger partial charge is 0.254 e. The van der Waals surface area contributed by atoms with Crippen molar-refractivity contribution in [1.29, 1.82) is 0 Å². The van der Waals surface area contributed by atoms with Gasteiger partial charge in [0.1, 0.15) is 11.6 Å². The van der Waals surface area contributed by atoms with Crippen LogP contribution < -0.4 is 0 Å². The molecular weight excluding hydrogens is 345 g/mol. The van der Waals surface area contributed by atoms with E-state index >= 15 is 0 Å². The molecule has 0 radical (unpaired) electrons. The predicted octanol–water partition coefficient (Wildman–Crippen LogP) is 3.34. The van der Waals surface area contributed by atoms with Gasteiger partial charge in [0, 0.05) is 30.9 Å². The number of aryl methyl sites for hydroxylation is 1. The molecule has 7 heteroatoms. The molecule has 27 heavy (non-hydrogen) atoms. The fraction of sp³-hybridized carbons (Fsp3) is 0.300. The molecule has 138 valence electrons. The van der Waals surface area contributed by atoms with Crippen molar-refractivity contribution in [1.82, 2.24) is 24.4 Å². The van der Waals surface area contributed by atoms with Crippen LogP contribution >= 0.6 is 0 Å². The zero-order chi connectivity index (χ0) is 18.8. The van der Waals surface area contributed by atoms with E-state index < -0.39 is 0 Å². The van der Waals surface area contributed by atoms with Crippen molar-refractivity contribution in [2.45, 2.75) is 32.2 Å². The second kappa shape index (κ2) is 7.26. The van der Waals surface area contributed by atoms with Crippen LogP contribution in [0.15, 0.2) is 49.1 Å². The molecular formula is C20H20FN5O. The average Bonchev–Trinajstić information content (AvgIpc) is 3.37. The maximum absolute atomic E-state index is 13.2. The van der Waals surface area contributed by atoms with Gasteiger partial charge in [-0.15, -0.1) is 0 Å². The highest BCUT2D eigenvalue weighted by molar-refractivity contribution is 5.94. The first-order valence-corrected chi connectivity index (χ1v) is 9.08. The number of halogens is 1. The highest BCUT2D eigenvalue weighted by Gasteiger charge is 2.32. The summed E-state index contributed by atoms with van der Waals surface area (Å²) in [5, 5.41) is 0. The topological polar surface area (TPSA) is 63.9 Å². The SMILES string of the molecule is CCc1nccn1-c1cncc([C@@H]2CCCN2C(=O)c2ccc(F)cc2)n1. The Morgan fingerprint density at radius 2 is 2.07 bits per heavy atom. The van der Waals surface area contributed by atoms with E-state index in [0.717, 1.165) is 30.8 Å². The number of rotatable bonds is 4. The minimum absolute atomic E-state index is 0.110. The molecule has 2 aromatic heterocycles. The summed E-state index contributed by atoms with van der Waals surface area (Å²) in [6, 6.07) is 5.53. The summed E-state index contributed by atoms with van der Waals surface area (Å²) in [7, 11) is 0. The van der Waals surface area contributed by atoms with Crippen LogP contribution in [0.4, 0.5) is 4.39 Å². The Morgan fingerprint density at radius 3 is 2.85 bits per heavy atom. The summed E-state index contributed by atoms with van der Waals surface area (Å²) < 4.78 is 15.1. The molecule has 0 aliphatic carbocycles. The monoisotopic (exact) mass is 365 g/mol. The molecule has 3 aromatic rings. The van der Waals surface area contributed by atoms with Gasteiger partial charge in [-0.2, -0.15) is 0 Å². The van der Waals surface area contributed by atoms with Crippen molar-refractivity contribution in [3.8, 4) is 5.82 Å². The van der Waals surface area contributed by atoms with Crippen molar-refractivity contribution in [2.75, 3.05) is 6.54 Å². The Hall–Kier alpha value is -3.09. The molecule has 1 fully saturated rings. The number of carbonyl (C=O) groups excluding carboxylic acids is 1. The lowest BCUT2D eigenvalue weighted by Crippen LogP contribution is -2.31. The van der Waals surface area contributed by atoms with Crippen molar-refractivity contribution >= 4 is 5.91 Å². The third-order valence-corrected chi connectivity index (χ3v) is 4.87. The first-order valence-electron chi connectivity index (χ1n) is 9.08. The fourth-order valence-corrected chi connectivity index (χ4v) is 3.53. The molecule has 0 bridgehead atoms. The van der Waals surface area contributed by atoms with Gasteiger partial charge in [0.25, 0.3) is 5.91 Å². The van der Waals surface area contributed by atoms with Crippen LogP contribution in [-0.2, 0) is 6.42 Å². The van der Waals surface area contributed by atoms with Crippen LogP contribution in [0.2, 0.25) is 0 Å². The Balaban J connectivity index is 1.63. The molecule has 1 saturated heterocycles. The van der Waals surface area contributed by atoms with E-state index in [1.165, 1.54) is 24.3 Å². The van der Waals surface area contributed by atoms with Gasteiger partial charge in [0.2, 0.25) is 0 Å². The van der Waals surface area contributed by atoms with E-state index in [-0.39, 0.29) is 17.8 Å². The minimum atomic E-state index is -0.352. The van der Waals surface area contributed by atoms with E-state index in [0.29, 0.717) is 17.9 Å². The van der Waals surface area contributed by atoms with E-state index in [9.17, 15) is 9.18 Å². The normalized spacial score (nSPS) is 16.7. The number of hydrogen-bond donors (Lipinski definition) is 0. The van der Waals surface area contributed by atoms with E-state index in [1.807, 2.05) is 17.7 Å². The number of nitrogens with zero attached hydrogens (tertiary/aromatic N) is 5. The highest BCUT2D eigenvalue weighted by Crippen LogP contribution is 2.32. The maximum Gasteiger partial charge on any atom is 0.254 e. The summed E-state index contributed by atoms with van der Waals surface area (Å²) in [5.41, 5.74) is 1.24. The quantitative estimate of drug-likeness (QED) is 0.711. The van der Waals surface area contributed by atoms with E-state index in [4.69, 9.17) is 4.98 Å². The molecule has 1 aliphatic rings. The second-order valence-electron chi connectivity index (χ2n) is 6.53. The molecule has 3 heterocycles. The predicted molar refractivity (Wildman–Crippen MR) is 97.9 cm³/mol. The summed E-state index contributed by atoms with van der Waals surface area (Å²) >= 11 is 0. The lowest BCUT2D eigenvalue weighted by molar-refractivity contribution is 0.0732. The largest absolute Gasteiger partial charge is 0.330 e. The van der Waals surface area contributed by atoms with Crippen LogP contribution in [0.25, 0.3) is 5.82 Å². The van der Waals surface area contributed by atoms with E-state index in [2.05, 4.69) is 9.97 Å². The van der Waals surface area contributed by atoms with Crippen molar-refractivity contribution in [2.24, 2.45) is 0 Å². The van der Waals surface area contributed by atoms with Gasteiger partial charge in [-0.3, -0.25) is 14.3 Å². The highest BCUT2D eigenvalue weighted by atomic mass is 19.1. The average molecular weight is 365 g/mol. The molecule has 1 atom stereocenters. The zero-order valence-electron chi connectivity index (χ0n) is 15.0. The van der Waals surface area contributed by atoms with Crippen molar-refractivity contribution < 1.29 is 9.18 Å². The van der Waals surface area contributed by atoms with Crippen LogP contribution in [-0.4, -0.2) is 36.9 Å². The van der Waals surface area contributed by atoms with Gasteiger partial charge in [-0.05, 0) is 37.1 Å². The van der Waals surface area contributed by atoms with Crippen LogP contribution in [0.5, 0.6) is 0 Å². The Morgan fingerprint density at radius 1 is 1.26 bits per heavy atom. The standard InChI is InChI=1S/C20H20FN5O/c1-2-18-23-9-11-26(18)19-13-22-12-16(24-19)17-4-3-10-25(17)20(27)14-5-7-15(21)8-6-14/h5-9,11-13,17H,2-4,10H2,1H3/t17-/m0/s1. The number of aromatic nitrogens is 4. The summed E-state index contributed by atoms with van der Waals surface area (Å²) in [5.74, 6) is 1.15. The molecule has 0 N–H and O–H groups in total. The number of amides is 1. The van der Waals surface area contributed by atoms with Crippen LogP contribution in [0.3, 0.4) is 0 Å². The van der Waals surface area contributed by atoms with Crippen LogP contribution in [0, 0.1) is 5.82 Å². The lowest BCUT2D eigenvalue weighted by atomic mass is 10.1. The maximum atomic E-state index is 13.2. The van der Waals surface area contributed by atoms with Crippen molar-refractivity contribution in [3.05, 3.63) is 72.0 Å². The first-order chi connectivity index (χ1) is 13.2. The van der Waals surface area contributed by atoms with Crippen molar-refractivity contribution in [3.63, 3.8) is 0 Å². The third-order valence-electron chi connectivity index (χ3n) is 4.87. The van der Waals surface area contributed by atoms with Gasteiger partial charge in [0.15, 0.2) is 5.82 Å². The number of benzene rings is 1. The molecule has 1 amide bonds. The Kier molecular flexibility index (Phi) is 4.66. The molecule has 1 aliphatic heterocycles. The van der Waals surface area contributed by atoms with Gasteiger partial charge >= 0.3 is 0 Å². The number of carbonyl (C=O) groups is 1. The Labute approximate surface area is 156 Å².